The van der Waals surface area contributed by atoms with E-state index >= 15 is 0 Å². The smallest absolute Gasteiger partial charge is 0.316 e. The first kappa shape index (κ1) is 8.82. The van der Waals surface area contributed by atoms with Gasteiger partial charge in [-0.3, -0.25) is 4.79 Å². The number of rotatable bonds is 4. The molecular formula is C6H12O2S. The van der Waals surface area contributed by atoms with Crippen LogP contribution in [0.5, 0.6) is 0 Å². The van der Waals surface area contributed by atoms with E-state index in [2.05, 4.69) is 12.6 Å². The van der Waals surface area contributed by atoms with Gasteiger partial charge in [-0.05, 0) is 6.42 Å². The number of thiol groups is 1. The molecular weight excluding hydrogens is 136 g/mol. The molecule has 0 saturated carbocycles. The van der Waals surface area contributed by atoms with Crippen LogP contribution < -0.4 is 0 Å². The van der Waals surface area contributed by atoms with Crippen molar-refractivity contribution in [2.75, 3.05) is 0 Å². The van der Waals surface area contributed by atoms with Crippen molar-refractivity contribution < 1.29 is 9.90 Å². The summed E-state index contributed by atoms with van der Waals surface area (Å²) in [6.07, 6.45) is 2.65. The van der Waals surface area contributed by atoms with Crippen LogP contribution in [-0.2, 0) is 4.79 Å². The van der Waals surface area contributed by atoms with E-state index in [9.17, 15) is 4.79 Å². The quantitative estimate of drug-likeness (QED) is 0.594. The number of aliphatic carboxylic acids is 1. The van der Waals surface area contributed by atoms with Crippen molar-refractivity contribution in [3.05, 3.63) is 0 Å². The molecule has 2 nitrogen and oxygen atoms in total. The minimum absolute atomic E-state index is 0.468. The first-order chi connectivity index (χ1) is 4.18. The van der Waals surface area contributed by atoms with E-state index in [1.165, 1.54) is 0 Å². The number of hydrogen-bond acceptors (Lipinski definition) is 2. The Morgan fingerprint density at radius 2 is 2.33 bits per heavy atom. The fraction of sp³-hybridized carbons (Fsp3) is 0.833. The summed E-state index contributed by atoms with van der Waals surface area (Å²) in [5.74, 6) is -0.813. The van der Waals surface area contributed by atoms with Crippen molar-refractivity contribution in [1.29, 1.82) is 0 Å². The summed E-state index contributed by atoms with van der Waals surface area (Å²) in [4.78, 5) is 10.1. The predicted octanol–water partition coefficient (Wildman–Crippen LogP) is 1.56. The van der Waals surface area contributed by atoms with Gasteiger partial charge in [0.15, 0.2) is 0 Å². The van der Waals surface area contributed by atoms with Crippen molar-refractivity contribution in [3.8, 4) is 0 Å². The molecule has 0 aromatic rings. The van der Waals surface area contributed by atoms with E-state index in [0.717, 1.165) is 12.8 Å². The monoisotopic (exact) mass is 148 g/mol. The lowest BCUT2D eigenvalue weighted by Gasteiger charge is -2.01. The van der Waals surface area contributed by atoms with Gasteiger partial charge in [0.25, 0.3) is 0 Å². The second kappa shape index (κ2) is 4.68. The number of carboxylic acid groups (broad SMARTS) is 1. The number of carboxylic acids is 1. The Balaban J connectivity index is 3.27. The minimum Gasteiger partial charge on any atom is -0.480 e. The zero-order valence-corrected chi connectivity index (χ0v) is 6.40. The van der Waals surface area contributed by atoms with Crippen LogP contribution in [0.1, 0.15) is 26.2 Å². The second-order valence-electron chi connectivity index (χ2n) is 2.00. The average molecular weight is 148 g/mol. The maximum Gasteiger partial charge on any atom is 0.316 e. The molecule has 0 spiro atoms. The molecule has 9 heavy (non-hydrogen) atoms. The summed E-state index contributed by atoms with van der Waals surface area (Å²) in [5, 5.41) is 7.86. The Labute approximate surface area is 60.7 Å². The molecule has 0 bridgehead atoms. The van der Waals surface area contributed by atoms with E-state index < -0.39 is 11.2 Å². The summed E-state index contributed by atoms with van der Waals surface area (Å²) in [5.41, 5.74) is 0. The molecule has 1 N–H and O–H groups in total. The highest BCUT2D eigenvalue weighted by Crippen LogP contribution is 2.05. The third kappa shape index (κ3) is 4.33. The maximum absolute atomic E-state index is 10.1. The SMILES string of the molecule is CCCCC(S)C(=O)O. The van der Waals surface area contributed by atoms with Crippen molar-refractivity contribution in [3.63, 3.8) is 0 Å². The standard InChI is InChI=1S/C6H12O2S/c1-2-3-4-5(9)6(7)8/h5,9H,2-4H2,1H3,(H,7,8). The predicted molar refractivity (Wildman–Crippen MR) is 39.9 cm³/mol. The van der Waals surface area contributed by atoms with Crippen LogP contribution in [-0.4, -0.2) is 16.3 Å². The van der Waals surface area contributed by atoms with E-state index in [1.54, 1.807) is 0 Å². The van der Waals surface area contributed by atoms with E-state index in [4.69, 9.17) is 5.11 Å². The van der Waals surface area contributed by atoms with Crippen LogP contribution >= 0.6 is 12.6 Å². The lowest BCUT2D eigenvalue weighted by molar-refractivity contribution is -0.136. The van der Waals surface area contributed by atoms with E-state index in [0.29, 0.717) is 6.42 Å². The summed E-state index contributed by atoms with van der Waals surface area (Å²) in [6, 6.07) is 0. The molecule has 3 heteroatoms. The topological polar surface area (TPSA) is 37.3 Å². The first-order valence-corrected chi connectivity index (χ1v) is 3.61. The van der Waals surface area contributed by atoms with Crippen LogP contribution in [0.3, 0.4) is 0 Å². The maximum atomic E-state index is 10.1. The highest BCUT2D eigenvalue weighted by molar-refractivity contribution is 7.81. The molecule has 1 atom stereocenters. The highest BCUT2D eigenvalue weighted by Gasteiger charge is 2.09. The number of unbranched alkanes of at least 4 members (excludes halogenated alkanes) is 1. The fourth-order valence-electron chi connectivity index (χ4n) is 0.521. The van der Waals surface area contributed by atoms with Gasteiger partial charge >= 0.3 is 5.97 Å². The molecule has 0 heterocycles. The first-order valence-electron chi connectivity index (χ1n) is 3.09. The minimum atomic E-state index is -0.813. The normalized spacial score (nSPS) is 13.1. The van der Waals surface area contributed by atoms with E-state index in [1.807, 2.05) is 6.92 Å². The van der Waals surface area contributed by atoms with Crippen LogP contribution in [0.4, 0.5) is 0 Å². The van der Waals surface area contributed by atoms with Crippen molar-refractivity contribution >= 4 is 18.6 Å². The Bertz CT molecular complexity index is 93.1. The third-order valence-electron chi connectivity index (χ3n) is 1.12. The third-order valence-corrected chi connectivity index (χ3v) is 1.60. The molecule has 0 aromatic carbocycles. The van der Waals surface area contributed by atoms with Crippen LogP contribution in [0.2, 0.25) is 0 Å². The second-order valence-corrected chi connectivity index (χ2v) is 2.62. The van der Waals surface area contributed by atoms with Crippen molar-refractivity contribution in [1.82, 2.24) is 0 Å². The Morgan fingerprint density at radius 3 is 2.67 bits per heavy atom. The van der Waals surface area contributed by atoms with Gasteiger partial charge in [0, 0.05) is 0 Å². The molecule has 0 aliphatic carbocycles. The van der Waals surface area contributed by atoms with Gasteiger partial charge in [-0.15, -0.1) is 0 Å². The van der Waals surface area contributed by atoms with Gasteiger partial charge in [0.05, 0.1) is 5.25 Å². The molecule has 0 aromatic heterocycles. The summed E-state index contributed by atoms with van der Waals surface area (Å²) >= 11 is 3.86. The van der Waals surface area contributed by atoms with Crippen LogP contribution in [0.15, 0.2) is 0 Å². The Hall–Kier alpha value is -0.180. The lowest BCUT2D eigenvalue weighted by atomic mass is 10.2. The fourth-order valence-corrected chi connectivity index (χ4v) is 0.704. The zero-order chi connectivity index (χ0) is 7.28. The molecule has 0 saturated heterocycles. The molecule has 1 unspecified atom stereocenters. The van der Waals surface area contributed by atoms with Gasteiger partial charge in [-0.1, -0.05) is 19.8 Å². The van der Waals surface area contributed by atoms with Crippen molar-refractivity contribution in [2.24, 2.45) is 0 Å². The molecule has 0 fully saturated rings. The average Bonchev–Trinajstić information content (AvgIpc) is 1.82. The summed E-state index contributed by atoms with van der Waals surface area (Å²) in [7, 11) is 0. The van der Waals surface area contributed by atoms with Gasteiger partial charge in [0.1, 0.15) is 0 Å². The molecule has 0 aliphatic rings. The number of carbonyl (C=O) groups is 1. The molecule has 0 amide bonds. The molecule has 0 radical (unpaired) electrons. The number of hydrogen-bond donors (Lipinski definition) is 2. The van der Waals surface area contributed by atoms with Gasteiger partial charge in [0.2, 0.25) is 0 Å². The van der Waals surface area contributed by atoms with Crippen LogP contribution in [0, 0.1) is 0 Å². The lowest BCUT2D eigenvalue weighted by Crippen LogP contribution is -2.12. The largest absolute Gasteiger partial charge is 0.480 e. The molecule has 54 valence electrons. The Morgan fingerprint density at radius 1 is 1.78 bits per heavy atom. The molecule has 0 aliphatic heterocycles. The summed E-state index contributed by atoms with van der Waals surface area (Å²) < 4.78 is 0. The Kier molecular flexibility index (Phi) is 4.58. The van der Waals surface area contributed by atoms with E-state index in [-0.39, 0.29) is 0 Å². The molecule has 0 rings (SSSR count). The van der Waals surface area contributed by atoms with Gasteiger partial charge in [-0.2, -0.15) is 12.6 Å². The highest BCUT2D eigenvalue weighted by atomic mass is 32.1. The van der Waals surface area contributed by atoms with Gasteiger partial charge < -0.3 is 5.11 Å². The zero-order valence-electron chi connectivity index (χ0n) is 5.50. The summed E-state index contributed by atoms with van der Waals surface area (Å²) in [6.45, 7) is 2.03. The van der Waals surface area contributed by atoms with Crippen molar-refractivity contribution in [2.45, 2.75) is 31.4 Å². The van der Waals surface area contributed by atoms with Gasteiger partial charge in [-0.25, -0.2) is 0 Å². The van der Waals surface area contributed by atoms with Crippen LogP contribution in [0.25, 0.3) is 0 Å².